The van der Waals surface area contributed by atoms with Gasteiger partial charge in [0.15, 0.2) is 0 Å². The van der Waals surface area contributed by atoms with E-state index in [1.165, 1.54) is 6.42 Å². The van der Waals surface area contributed by atoms with E-state index in [4.69, 9.17) is 0 Å². The molecule has 0 radical (unpaired) electrons. The van der Waals surface area contributed by atoms with Crippen molar-refractivity contribution >= 4 is 5.97 Å². The molecule has 0 spiro atoms. The first-order chi connectivity index (χ1) is 8.65. The minimum atomic E-state index is -0.818. The summed E-state index contributed by atoms with van der Waals surface area (Å²) in [6.45, 7) is 8.71. The van der Waals surface area contributed by atoms with E-state index in [1.54, 1.807) is 0 Å². The zero-order valence-electron chi connectivity index (χ0n) is 12.6. The lowest BCUT2D eigenvalue weighted by Crippen LogP contribution is -2.54. The Hall–Kier alpha value is -0.570. The third kappa shape index (κ3) is 2.67. The van der Waals surface area contributed by atoms with Crippen LogP contribution in [0.5, 0.6) is 0 Å². The molecule has 2 aliphatic rings. The second-order valence-corrected chi connectivity index (χ2v) is 7.79. The van der Waals surface area contributed by atoms with Crippen molar-refractivity contribution in [3.05, 3.63) is 0 Å². The van der Waals surface area contributed by atoms with Crippen LogP contribution < -0.4 is 0 Å². The first kappa shape index (κ1) is 14.8. The zero-order chi connectivity index (χ0) is 14.4. The average molecular weight is 268 g/mol. The third-order valence-corrected chi connectivity index (χ3v) is 5.99. The van der Waals surface area contributed by atoms with Crippen LogP contribution in [0, 0.1) is 29.1 Å². The fourth-order valence-corrected chi connectivity index (χ4v) is 4.75. The van der Waals surface area contributed by atoms with Gasteiger partial charge in [-0.05, 0) is 55.8 Å². The predicted molar refractivity (Wildman–Crippen MR) is 74.8 cm³/mol. The summed E-state index contributed by atoms with van der Waals surface area (Å²) in [5.41, 5.74) is -0.536. The van der Waals surface area contributed by atoms with Crippen LogP contribution in [0.4, 0.5) is 0 Å². The van der Waals surface area contributed by atoms with Gasteiger partial charge in [-0.1, -0.05) is 20.8 Å². The highest BCUT2D eigenvalue weighted by Gasteiger charge is 2.53. The maximum Gasteiger partial charge on any atom is 0.303 e. The van der Waals surface area contributed by atoms with E-state index >= 15 is 0 Å². The molecule has 2 rings (SSSR count). The van der Waals surface area contributed by atoms with Crippen molar-refractivity contribution < 1.29 is 15.0 Å². The van der Waals surface area contributed by atoms with E-state index in [9.17, 15) is 15.0 Å². The lowest BCUT2D eigenvalue weighted by atomic mass is 9.49. The summed E-state index contributed by atoms with van der Waals surface area (Å²) in [6.07, 6.45) is 4.25. The van der Waals surface area contributed by atoms with Crippen LogP contribution in [0.1, 0.15) is 59.8 Å². The van der Waals surface area contributed by atoms with Crippen LogP contribution in [0.15, 0.2) is 0 Å². The van der Waals surface area contributed by atoms with Gasteiger partial charge < -0.3 is 10.2 Å². The van der Waals surface area contributed by atoms with Gasteiger partial charge in [-0.15, -0.1) is 0 Å². The van der Waals surface area contributed by atoms with Gasteiger partial charge in [-0.25, -0.2) is 0 Å². The molecule has 3 heteroatoms. The van der Waals surface area contributed by atoms with Crippen LogP contribution in [0.3, 0.4) is 0 Å². The summed E-state index contributed by atoms with van der Waals surface area (Å²) in [5, 5.41) is 19.8. The smallest absolute Gasteiger partial charge is 0.303 e. The number of carbonyl (C=O) groups is 1. The third-order valence-electron chi connectivity index (χ3n) is 5.99. The second-order valence-electron chi connectivity index (χ2n) is 7.79. The molecule has 110 valence electrons. The summed E-state index contributed by atoms with van der Waals surface area (Å²) in [5.74, 6) is 0.554. The Morgan fingerprint density at radius 1 is 1.21 bits per heavy atom. The molecule has 0 saturated heterocycles. The van der Waals surface area contributed by atoms with Crippen molar-refractivity contribution in [1.82, 2.24) is 0 Å². The molecule has 0 bridgehead atoms. The van der Waals surface area contributed by atoms with Crippen LogP contribution in [-0.4, -0.2) is 21.8 Å². The number of aliphatic carboxylic acids is 1. The van der Waals surface area contributed by atoms with E-state index in [1.807, 2.05) is 6.92 Å². The standard InChI is InChI=1S/C16H28O3/c1-10-5-7-15(2,3)11-6-8-16(4,19)12(14(10)11)9-13(17)18/h10-12,14,19H,5-9H2,1-4H3,(H,17,18)/t10-,11?,12?,14?,16?/m0/s1. The molecule has 3 nitrogen and oxygen atoms in total. The van der Waals surface area contributed by atoms with Gasteiger partial charge in [-0.2, -0.15) is 0 Å². The molecule has 0 amide bonds. The monoisotopic (exact) mass is 268 g/mol. The van der Waals surface area contributed by atoms with Crippen molar-refractivity contribution in [2.45, 2.75) is 65.4 Å². The first-order valence-electron chi connectivity index (χ1n) is 7.59. The van der Waals surface area contributed by atoms with Crippen LogP contribution in [0.2, 0.25) is 0 Å². The van der Waals surface area contributed by atoms with Gasteiger partial charge in [-0.3, -0.25) is 4.79 Å². The Bertz CT molecular complexity index is 359. The summed E-state index contributed by atoms with van der Waals surface area (Å²) < 4.78 is 0. The van der Waals surface area contributed by atoms with E-state index in [-0.39, 0.29) is 17.8 Å². The molecule has 0 aliphatic heterocycles. The zero-order valence-corrected chi connectivity index (χ0v) is 12.6. The molecule has 0 heterocycles. The van der Waals surface area contributed by atoms with Crippen molar-refractivity contribution in [1.29, 1.82) is 0 Å². The number of fused-ring (bicyclic) bond motifs is 1. The minimum absolute atomic E-state index is 0.0988. The van der Waals surface area contributed by atoms with Gasteiger partial charge in [0.05, 0.1) is 12.0 Å². The SMILES string of the molecule is C[C@H]1CCC(C)(C)C2CCC(C)(O)C(CC(=O)O)C21. The molecule has 0 aromatic heterocycles. The summed E-state index contributed by atoms with van der Waals surface area (Å²) in [6, 6.07) is 0. The summed E-state index contributed by atoms with van der Waals surface area (Å²) >= 11 is 0. The van der Waals surface area contributed by atoms with E-state index in [0.29, 0.717) is 17.8 Å². The summed E-state index contributed by atoms with van der Waals surface area (Å²) in [7, 11) is 0. The van der Waals surface area contributed by atoms with Crippen molar-refractivity contribution in [2.24, 2.45) is 29.1 Å². The molecule has 0 aromatic rings. The van der Waals surface area contributed by atoms with E-state index in [0.717, 1.165) is 19.3 Å². The molecule has 4 unspecified atom stereocenters. The van der Waals surface area contributed by atoms with E-state index in [2.05, 4.69) is 20.8 Å². The topological polar surface area (TPSA) is 57.5 Å². The lowest BCUT2D eigenvalue weighted by Gasteiger charge is -2.56. The summed E-state index contributed by atoms with van der Waals surface area (Å²) in [4.78, 5) is 11.2. The van der Waals surface area contributed by atoms with Crippen LogP contribution in [0.25, 0.3) is 0 Å². The van der Waals surface area contributed by atoms with Crippen LogP contribution >= 0.6 is 0 Å². The molecule has 2 N–H and O–H groups in total. The molecule has 2 fully saturated rings. The number of hydrogen-bond acceptors (Lipinski definition) is 2. The molecule has 2 aliphatic carbocycles. The molecular formula is C16H28O3. The largest absolute Gasteiger partial charge is 0.481 e. The quantitative estimate of drug-likeness (QED) is 0.807. The van der Waals surface area contributed by atoms with Crippen LogP contribution in [-0.2, 0) is 4.79 Å². The number of carboxylic acids is 1. The molecular weight excluding hydrogens is 240 g/mol. The number of carboxylic acid groups (broad SMARTS) is 1. The van der Waals surface area contributed by atoms with Gasteiger partial charge >= 0.3 is 5.97 Å². The predicted octanol–water partition coefficient (Wildman–Crippen LogP) is 3.31. The highest BCUT2D eigenvalue weighted by molar-refractivity contribution is 5.67. The van der Waals surface area contributed by atoms with Crippen molar-refractivity contribution in [2.75, 3.05) is 0 Å². The van der Waals surface area contributed by atoms with Gasteiger partial charge in [0.1, 0.15) is 0 Å². The molecule has 19 heavy (non-hydrogen) atoms. The van der Waals surface area contributed by atoms with Gasteiger partial charge in [0, 0.05) is 5.92 Å². The fraction of sp³-hybridized carbons (Fsp3) is 0.938. The maximum atomic E-state index is 11.2. The Morgan fingerprint density at radius 2 is 1.84 bits per heavy atom. The second kappa shape index (κ2) is 4.76. The molecule has 5 atom stereocenters. The van der Waals surface area contributed by atoms with E-state index < -0.39 is 11.6 Å². The molecule has 0 aromatic carbocycles. The Balaban J connectivity index is 2.33. The number of hydrogen-bond donors (Lipinski definition) is 2. The Kier molecular flexibility index (Phi) is 3.72. The minimum Gasteiger partial charge on any atom is -0.481 e. The Morgan fingerprint density at radius 3 is 2.42 bits per heavy atom. The van der Waals surface area contributed by atoms with Gasteiger partial charge in [0.25, 0.3) is 0 Å². The lowest BCUT2D eigenvalue weighted by molar-refractivity contribution is -0.158. The molecule has 2 saturated carbocycles. The fourth-order valence-electron chi connectivity index (χ4n) is 4.75. The highest BCUT2D eigenvalue weighted by atomic mass is 16.4. The normalized spacial score (nSPS) is 45.5. The van der Waals surface area contributed by atoms with Crippen molar-refractivity contribution in [3.8, 4) is 0 Å². The van der Waals surface area contributed by atoms with Crippen molar-refractivity contribution in [3.63, 3.8) is 0 Å². The first-order valence-corrected chi connectivity index (χ1v) is 7.59. The number of rotatable bonds is 2. The number of aliphatic hydroxyl groups is 1. The Labute approximate surface area is 116 Å². The highest BCUT2D eigenvalue weighted by Crippen LogP contribution is 2.57. The average Bonchev–Trinajstić information content (AvgIpc) is 2.26. The maximum absolute atomic E-state index is 11.2. The van der Waals surface area contributed by atoms with Gasteiger partial charge in [0.2, 0.25) is 0 Å².